The third-order valence-corrected chi connectivity index (χ3v) is 5.49. The topological polar surface area (TPSA) is 98.1 Å². The van der Waals surface area contributed by atoms with Crippen LogP contribution in [-0.4, -0.2) is 26.6 Å². The van der Waals surface area contributed by atoms with Crippen LogP contribution in [0.25, 0.3) is 0 Å². The molecular weight excluding hydrogens is 454 g/mol. The van der Waals surface area contributed by atoms with Gasteiger partial charge < -0.3 is 4.74 Å². The number of amides is 2. The molecule has 0 saturated heterocycles. The molecule has 172 valence electrons. The summed E-state index contributed by atoms with van der Waals surface area (Å²) in [6, 6.07) is 19.4. The van der Waals surface area contributed by atoms with E-state index in [9.17, 15) is 9.59 Å². The standard InChI is InChI=1S/C25H22ClN5O3/c1-17-12-22(10-11-23(17)26)34-14-19-4-8-21(9-5-19)25(33)30-29-24(32)20-6-2-18(3-7-20)13-31-16-27-15-28-31/h2-12,15-16H,13-14H2,1H3,(H,29,32)(H,30,33). The van der Waals surface area contributed by atoms with Crippen molar-refractivity contribution in [2.45, 2.75) is 20.1 Å². The second-order valence-corrected chi connectivity index (χ2v) is 8.00. The molecule has 8 nitrogen and oxygen atoms in total. The van der Waals surface area contributed by atoms with Crippen molar-refractivity contribution < 1.29 is 14.3 Å². The summed E-state index contributed by atoms with van der Waals surface area (Å²) in [6.07, 6.45) is 3.09. The minimum atomic E-state index is -0.419. The summed E-state index contributed by atoms with van der Waals surface area (Å²) in [5.74, 6) is -0.112. The van der Waals surface area contributed by atoms with Crippen molar-refractivity contribution >= 4 is 23.4 Å². The Bertz CT molecular complexity index is 1270. The Labute approximate surface area is 201 Å². The highest BCUT2D eigenvalue weighted by atomic mass is 35.5. The normalized spacial score (nSPS) is 10.5. The lowest BCUT2D eigenvalue weighted by Gasteiger charge is -2.10. The molecule has 3 aromatic carbocycles. The highest BCUT2D eigenvalue weighted by Crippen LogP contribution is 2.22. The van der Waals surface area contributed by atoms with Crippen LogP contribution >= 0.6 is 11.6 Å². The molecule has 0 fully saturated rings. The average Bonchev–Trinajstić information content (AvgIpc) is 3.37. The molecule has 0 aliphatic heterocycles. The molecular formula is C25H22ClN5O3. The van der Waals surface area contributed by atoms with Gasteiger partial charge in [-0.05, 0) is 66.1 Å². The van der Waals surface area contributed by atoms with E-state index in [0.717, 1.165) is 22.4 Å². The molecule has 1 heterocycles. The predicted octanol–water partition coefficient (Wildman–Crippen LogP) is 3.94. The number of hydrazine groups is 1. The third kappa shape index (κ3) is 5.99. The van der Waals surface area contributed by atoms with E-state index in [4.69, 9.17) is 16.3 Å². The quantitative estimate of drug-likeness (QED) is 0.394. The summed E-state index contributed by atoms with van der Waals surface area (Å²) in [5, 5.41) is 4.74. The molecule has 0 atom stereocenters. The van der Waals surface area contributed by atoms with Crippen molar-refractivity contribution in [2.24, 2.45) is 0 Å². The molecule has 0 unspecified atom stereocenters. The maximum Gasteiger partial charge on any atom is 0.269 e. The number of benzene rings is 3. The fraction of sp³-hybridized carbons (Fsp3) is 0.120. The van der Waals surface area contributed by atoms with Crippen molar-refractivity contribution in [3.63, 3.8) is 0 Å². The molecule has 0 spiro atoms. The molecule has 2 amide bonds. The summed E-state index contributed by atoms with van der Waals surface area (Å²) in [6.45, 7) is 2.82. The van der Waals surface area contributed by atoms with E-state index in [1.165, 1.54) is 6.33 Å². The number of halogens is 1. The number of aromatic nitrogens is 3. The van der Waals surface area contributed by atoms with Gasteiger partial charge in [0.1, 0.15) is 25.0 Å². The van der Waals surface area contributed by atoms with Gasteiger partial charge in [-0.25, -0.2) is 9.67 Å². The minimum absolute atomic E-state index is 0.354. The molecule has 2 N–H and O–H groups in total. The molecule has 0 aliphatic carbocycles. The molecule has 0 saturated carbocycles. The van der Waals surface area contributed by atoms with Gasteiger partial charge in [0.2, 0.25) is 0 Å². The maximum atomic E-state index is 12.4. The number of rotatable bonds is 7. The Morgan fingerprint density at radius 1 is 0.912 bits per heavy atom. The molecule has 0 radical (unpaired) electrons. The van der Waals surface area contributed by atoms with Gasteiger partial charge in [0.15, 0.2) is 0 Å². The van der Waals surface area contributed by atoms with Gasteiger partial charge in [-0.2, -0.15) is 5.10 Å². The Balaban J connectivity index is 1.26. The van der Waals surface area contributed by atoms with Crippen molar-refractivity contribution in [3.05, 3.63) is 112 Å². The van der Waals surface area contributed by atoms with Crippen molar-refractivity contribution in [2.75, 3.05) is 0 Å². The first-order valence-electron chi connectivity index (χ1n) is 10.5. The lowest BCUT2D eigenvalue weighted by atomic mass is 10.1. The lowest BCUT2D eigenvalue weighted by molar-refractivity contribution is 0.0846. The molecule has 1 aromatic heterocycles. The van der Waals surface area contributed by atoms with E-state index >= 15 is 0 Å². The number of carbonyl (C=O) groups is 2. The number of ether oxygens (including phenoxy) is 1. The van der Waals surface area contributed by atoms with E-state index in [1.54, 1.807) is 53.5 Å². The minimum Gasteiger partial charge on any atom is -0.489 e. The summed E-state index contributed by atoms with van der Waals surface area (Å²) in [5.41, 5.74) is 8.52. The number of hydrogen-bond donors (Lipinski definition) is 2. The second-order valence-electron chi connectivity index (χ2n) is 7.59. The van der Waals surface area contributed by atoms with Gasteiger partial charge in [0, 0.05) is 16.1 Å². The first-order chi connectivity index (χ1) is 16.5. The second kappa shape index (κ2) is 10.6. The first-order valence-corrected chi connectivity index (χ1v) is 10.9. The summed E-state index contributed by atoms with van der Waals surface area (Å²) >= 11 is 6.03. The zero-order valence-electron chi connectivity index (χ0n) is 18.4. The Morgan fingerprint density at radius 3 is 2.09 bits per heavy atom. The van der Waals surface area contributed by atoms with Gasteiger partial charge in [-0.15, -0.1) is 0 Å². The zero-order valence-corrected chi connectivity index (χ0v) is 19.1. The van der Waals surface area contributed by atoms with E-state index in [1.807, 2.05) is 31.2 Å². The molecule has 34 heavy (non-hydrogen) atoms. The SMILES string of the molecule is Cc1cc(OCc2ccc(C(=O)NNC(=O)c3ccc(Cn4cncn4)cc3)cc2)ccc1Cl. The van der Waals surface area contributed by atoms with Crippen LogP contribution in [0.3, 0.4) is 0 Å². The van der Waals surface area contributed by atoms with Crippen molar-refractivity contribution in [3.8, 4) is 5.75 Å². The smallest absolute Gasteiger partial charge is 0.269 e. The van der Waals surface area contributed by atoms with E-state index in [2.05, 4.69) is 20.9 Å². The van der Waals surface area contributed by atoms with Crippen LogP contribution in [0.15, 0.2) is 79.4 Å². The van der Waals surface area contributed by atoms with Gasteiger partial charge in [0.05, 0.1) is 6.54 Å². The molecule has 4 rings (SSSR count). The molecule has 9 heteroatoms. The van der Waals surface area contributed by atoms with Gasteiger partial charge >= 0.3 is 0 Å². The van der Waals surface area contributed by atoms with E-state index in [-0.39, 0.29) is 0 Å². The summed E-state index contributed by atoms with van der Waals surface area (Å²) < 4.78 is 7.46. The fourth-order valence-electron chi connectivity index (χ4n) is 3.15. The Kier molecular flexibility index (Phi) is 7.19. The average molecular weight is 476 g/mol. The first kappa shape index (κ1) is 23.0. The molecule has 0 aliphatic rings. The molecule has 4 aromatic rings. The van der Waals surface area contributed by atoms with Crippen molar-refractivity contribution in [1.82, 2.24) is 25.6 Å². The number of nitrogens with zero attached hydrogens (tertiary/aromatic N) is 3. The largest absolute Gasteiger partial charge is 0.489 e. The highest BCUT2D eigenvalue weighted by molar-refractivity contribution is 6.31. The predicted molar refractivity (Wildman–Crippen MR) is 127 cm³/mol. The zero-order chi connectivity index (χ0) is 23.9. The van der Waals surface area contributed by atoms with Gasteiger partial charge in [0.25, 0.3) is 11.8 Å². The van der Waals surface area contributed by atoms with Gasteiger partial charge in [-0.1, -0.05) is 35.9 Å². The van der Waals surface area contributed by atoms with Crippen LogP contribution in [0.2, 0.25) is 5.02 Å². The van der Waals surface area contributed by atoms with Crippen LogP contribution in [-0.2, 0) is 13.2 Å². The molecule has 0 bridgehead atoms. The summed E-state index contributed by atoms with van der Waals surface area (Å²) in [4.78, 5) is 28.6. The number of aryl methyl sites for hydroxylation is 1. The third-order valence-electron chi connectivity index (χ3n) is 5.07. The van der Waals surface area contributed by atoms with Crippen molar-refractivity contribution in [1.29, 1.82) is 0 Å². The van der Waals surface area contributed by atoms with Gasteiger partial charge in [-0.3, -0.25) is 20.4 Å². The number of hydrogen-bond acceptors (Lipinski definition) is 5. The van der Waals surface area contributed by atoms with E-state index < -0.39 is 11.8 Å². The van der Waals surface area contributed by atoms with Crippen LogP contribution < -0.4 is 15.6 Å². The fourth-order valence-corrected chi connectivity index (χ4v) is 3.26. The maximum absolute atomic E-state index is 12.4. The van der Waals surface area contributed by atoms with Crippen LogP contribution in [0, 0.1) is 6.92 Å². The van der Waals surface area contributed by atoms with Crippen LogP contribution in [0.4, 0.5) is 0 Å². The van der Waals surface area contributed by atoms with Crippen LogP contribution in [0.5, 0.6) is 5.75 Å². The Morgan fingerprint density at radius 2 is 1.53 bits per heavy atom. The monoisotopic (exact) mass is 475 g/mol. The lowest BCUT2D eigenvalue weighted by Crippen LogP contribution is -2.41. The Hall–Kier alpha value is -4.17. The summed E-state index contributed by atoms with van der Waals surface area (Å²) in [7, 11) is 0. The number of nitrogens with one attached hydrogen (secondary N) is 2. The highest BCUT2D eigenvalue weighted by Gasteiger charge is 2.10. The van der Waals surface area contributed by atoms with Crippen LogP contribution in [0.1, 0.15) is 37.4 Å². The van der Waals surface area contributed by atoms with E-state index in [0.29, 0.717) is 29.3 Å². The number of carbonyl (C=O) groups excluding carboxylic acids is 2.